The molecule has 1 heterocycles. The maximum absolute atomic E-state index is 12.7. The van der Waals surface area contributed by atoms with E-state index < -0.39 is 11.0 Å². The van der Waals surface area contributed by atoms with Gasteiger partial charge in [0.15, 0.2) is 0 Å². The summed E-state index contributed by atoms with van der Waals surface area (Å²) in [6.45, 7) is 17.4. The average molecular weight is 369 g/mol. The molecule has 4 rings (SSSR count). The molecule has 1 N–H and O–H groups in total. The zero-order valence-electron chi connectivity index (χ0n) is 17.2. The Bertz CT molecular complexity index is 547. The van der Waals surface area contributed by atoms with E-state index in [2.05, 4.69) is 39.3 Å². The molecule has 6 heteroatoms. The van der Waals surface area contributed by atoms with Gasteiger partial charge in [0, 0.05) is 0 Å². The van der Waals surface area contributed by atoms with E-state index in [1.807, 2.05) is 20.8 Å². The lowest BCUT2D eigenvalue weighted by Crippen LogP contribution is -2.65. The fraction of sp³-hybridized carbons (Fsp3) is 1.00. The monoisotopic (exact) mass is 369 g/mol. The van der Waals surface area contributed by atoms with Crippen molar-refractivity contribution in [1.82, 2.24) is 4.72 Å². The first-order chi connectivity index (χ1) is 11.4. The highest BCUT2D eigenvalue weighted by molar-refractivity contribution is 7.84. The standard InChI is InChI=1S/C19H36BNO3S/c1-12(2)9-16(21-25(22)17(3,4)5)20-23-15-11-13-10-14(18(13,6)7)19(15,8)24-20/h12-16,21H,9-11H2,1-8H3/t13?,14?,15?,16-,19-,25+/m0/s1. The van der Waals surface area contributed by atoms with Gasteiger partial charge in [-0.2, -0.15) is 0 Å². The molecule has 3 saturated carbocycles. The minimum absolute atomic E-state index is 0.0391. The van der Waals surface area contributed by atoms with Crippen LogP contribution < -0.4 is 4.72 Å². The summed E-state index contributed by atoms with van der Waals surface area (Å²) >= 11 is 0. The lowest BCUT2D eigenvalue weighted by molar-refractivity contribution is -0.199. The number of rotatable bonds is 5. The molecule has 25 heavy (non-hydrogen) atoms. The average Bonchev–Trinajstić information content (AvgIpc) is 2.81. The minimum atomic E-state index is -1.13. The quantitative estimate of drug-likeness (QED) is 0.752. The van der Waals surface area contributed by atoms with Crippen molar-refractivity contribution in [1.29, 1.82) is 0 Å². The first-order valence-electron chi connectivity index (χ1n) is 9.87. The van der Waals surface area contributed by atoms with E-state index in [0.29, 0.717) is 17.3 Å². The second kappa shape index (κ2) is 6.32. The van der Waals surface area contributed by atoms with Gasteiger partial charge in [0.05, 0.1) is 33.4 Å². The van der Waals surface area contributed by atoms with Crippen LogP contribution in [0.4, 0.5) is 0 Å². The number of nitrogens with one attached hydrogen (secondary N) is 1. The lowest BCUT2D eigenvalue weighted by Gasteiger charge is -2.64. The Morgan fingerprint density at radius 2 is 1.88 bits per heavy atom. The Morgan fingerprint density at radius 3 is 2.40 bits per heavy atom. The third kappa shape index (κ3) is 3.37. The molecule has 0 spiro atoms. The van der Waals surface area contributed by atoms with Crippen LogP contribution >= 0.6 is 0 Å². The first kappa shape index (κ1) is 19.8. The van der Waals surface area contributed by atoms with E-state index in [1.54, 1.807) is 0 Å². The molecule has 4 aliphatic rings. The summed E-state index contributed by atoms with van der Waals surface area (Å²) < 4.78 is 28.7. The second-order valence-corrected chi connectivity index (χ2v) is 12.6. The van der Waals surface area contributed by atoms with E-state index in [-0.39, 0.29) is 29.5 Å². The Kier molecular flexibility index (Phi) is 5.02. The van der Waals surface area contributed by atoms with Crippen LogP contribution in [-0.2, 0) is 20.3 Å². The maximum Gasteiger partial charge on any atom is 0.476 e. The van der Waals surface area contributed by atoms with E-state index >= 15 is 0 Å². The van der Waals surface area contributed by atoms with Crippen molar-refractivity contribution in [3.63, 3.8) is 0 Å². The summed E-state index contributed by atoms with van der Waals surface area (Å²) in [6, 6.07) is 0. The minimum Gasteiger partial charge on any atom is -0.404 e. The molecule has 4 fully saturated rings. The molecule has 6 atom stereocenters. The van der Waals surface area contributed by atoms with Gasteiger partial charge in [-0.05, 0) is 70.1 Å². The van der Waals surface area contributed by atoms with Gasteiger partial charge in [-0.15, -0.1) is 0 Å². The summed E-state index contributed by atoms with van der Waals surface area (Å²) in [5.74, 6) is 1.75. The molecule has 0 aromatic carbocycles. The summed E-state index contributed by atoms with van der Waals surface area (Å²) in [7, 11) is -1.43. The molecule has 3 unspecified atom stereocenters. The molecule has 2 bridgehead atoms. The maximum atomic E-state index is 12.7. The first-order valence-corrected chi connectivity index (χ1v) is 11.0. The van der Waals surface area contributed by atoms with Gasteiger partial charge in [0.25, 0.3) is 0 Å². The molecule has 0 aromatic heterocycles. The van der Waals surface area contributed by atoms with Crippen molar-refractivity contribution >= 4 is 18.1 Å². The van der Waals surface area contributed by atoms with Crippen LogP contribution in [0, 0.1) is 23.2 Å². The van der Waals surface area contributed by atoms with E-state index in [1.165, 1.54) is 6.42 Å². The van der Waals surface area contributed by atoms with Gasteiger partial charge in [0.2, 0.25) is 0 Å². The Hall–Kier alpha value is 0.0949. The highest BCUT2D eigenvalue weighted by Crippen LogP contribution is 2.65. The van der Waals surface area contributed by atoms with E-state index in [4.69, 9.17) is 9.31 Å². The summed E-state index contributed by atoms with van der Waals surface area (Å²) in [6.07, 6.45) is 3.42. The molecular weight excluding hydrogens is 333 g/mol. The van der Waals surface area contributed by atoms with Crippen LogP contribution in [0.1, 0.15) is 74.7 Å². The third-order valence-electron chi connectivity index (χ3n) is 6.84. The molecule has 1 aliphatic heterocycles. The fourth-order valence-corrected chi connectivity index (χ4v) is 5.94. The zero-order chi connectivity index (χ0) is 18.8. The van der Waals surface area contributed by atoms with Crippen LogP contribution in [0.3, 0.4) is 0 Å². The van der Waals surface area contributed by atoms with Crippen LogP contribution in [0.2, 0.25) is 0 Å². The molecule has 3 aliphatic carbocycles. The van der Waals surface area contributed by atoms with Crippen molar-refractivity contribution in [2.24, 2.45) is 23.2 Å². The van der Waals surface area contributed by atoms with Crippen molar-refractivity contribution in [3.05, 3.63) is 0 Å². The molecule has 0 radical (unpaired) electrons. The second-order valence-electron chi connectivity index (χ2n) is 10.6. The van der Waals surface area contributed by atoms with Gasteiger partial charge in [0.1, 0.15) is 0 Å². The predicted molar refractivity (Wildman–Crippen MR) is 104 cm³/mol. The van der Waals surface area contributed by atoms with Gasteiger partial charge in [-0.3, -0.25) is 0 Å². The molecule has 1 saturated heterocycles. The van der Waals surface area contributed by atoms with Crippen molar-refractivity contribution in [3.8, 4) is 0 Å². The topological polar surface area (TPSA) is 47.6 Å². The molecule has 144 valence electrons. The molecule has 4 nitrogen and oxygen atoms in total. The number of hydrogen-bond acceptors (Lipinski definition) is 3. The molecule has 0 amide bonds. The summed E-state index contributed by atoms with van der Waals surface area (Å²) in [4.78, 5) is 0. The van der Waals surface area contributed by atoms with E-state index in [9.17, 15) is 4.21 Å². The van der Waals surface area contributed by atoms with Crippen LogP contribution in [0.25, 0.3) is 0 Å². The van der Waals surface area contributed by atoms with Gasteiger partial charge >= 0.3 is 7.12 Å². The molecular formula is C19H36BNO3S. The third-order valence-corrected chi connectivity index (χ3v) is 8.47. The normalized spacial score (nSPS) is 39.1. The van der Waals surface area contributed by atoms with Crippen LogP contribution in [-0.4, -0.2) is 33.7 Å². The van der Waals surface area contributed by atoms with Gasteiger partial charge in [-0.1, -0.05) is 27.7 Å². The van der Waals surface area contributed by atoms with Crippen LogP contribution in [0.5, 0.6) is 0 Å². The van der Waals surface area contributed by atoms with Crippen molar-refractivity contribution in [2.45, 2.75) is 97.0 Å². The fourth-order valence-electron chi connectivity index (χ4n) is 5.11. The van der Waals surface area contributed by atoms with Crippen LogP contribution in [0.15, 0.2) is 0 Å². The van der Waals surface area contributed by atoms with E-state index in [0.717, 1.165) is 18.8 Å². The Balaban J connectivity index is 1.76. The van der Waals surface area contributed by atoms with Gasteiger partial charge in [-0.25, -0.2) is 8.93 Å². The Morgan fingerprint density at radius 1 is 1.24 bits per heavy atom. The SMILES string of the molecule is CC(C)C[C@H](N[S@](=O)C(C)(C)C)B1OC2CC3CC(C3(C)C)[C@]2(C)O1. The summed E-state index contributed by atoms with van der Waals surface area (Å²) in [5.41, 5.74) is 0.141. The predicted octanol–water partition coefficient (Wildman–Crippen LogP) is 3.72. The Labute approximate surface area is 156 Å². The summed E-state index contributed by atoms with van der Waals surface area (Å²) in [5, 5.41) is 0. The largest absolute Gasteiger partial charge is 0.476 e. The zero-order valence-corrected chi connectivity index (χ0v) is 18.0. The molecule has 0 aromatic rings. The smallest absolute Gasteiger partial charge is 0.404 e. The highest BCUT2D eigenvalue weighted by atomic mass is 32.2. The van der Waals surface area contributed by atoms with Crippen molar-refractivity contribution < 1.29 is 13.5 Å². The lowest BCUT2D eigenvalue weighted by atomic mass is 9.43. The van der Waals surface area contributed by atoms with Gasteiger partial charge < -0.3 is 9.31 Å². The highest BCUT2D eigenvalue weighted by Gasteiger charge is 2.68. The number of hydrogen-bond donors (Lipinski definition) is 1. The van der Waals surface area contributed by atoms with Crippen molar-refractivity contribution in [2.75, 3.05) is 0 Å².